The Morgan fingerprint density at radius 3 is 1.75 bits per heavy atom. The number of rotatable bonds is 6. The molecule has 0 aliphatic heterocycles. The van der Waals surface area contributed by atoms with E-state index in [-0.39, 0.29) is 34.1 Å². The quantitative estimate of drug-likeness (QED) is 0.257. The average Bonchev–Trinajstić information content (AvgIpc) is 2.08. The van der Waals surface area contributed by atoms with Crippen LogP contribution < -0.4 is 5.73 Å². The molecule has 11 nitrogen and oxygen atoms in total. The van der Waals surface area contributed by atoms with Gasteiger partial charge in [0.05, 0.1) is 0 Å². The fraction of sp³-hybridized carbons (Fsp3) is 0.600. The topological polar surface area (TPSA) is 193 Å². The van der Waals surface area contributed by atoms with Gasteiger partial charge in [-0.05, 0) is 6.42 Å². The third-order valence-corrected chi connectivity index (χ3v) is 2.10. The van der Waals surface area contributed by atoms with E-state index in [4.69, 9.17) is 5.73 Å². The van der Waals surface area contributed by atoms with Crippen LogP contribution in [0.1, 0.15) is 12.8 Å². The van der Waals surface area contributed by atoms with E-state index in [2.05, 4.69) is 8.37 Å². The van der Waals surface area contributed by atoms with Crippen LogP contribution in [0, 0.1) is 0 Å². The predicted octanol–water partition coefficient (Wildman–Crippen LogP) is -2.90. The Balaban J connectivity index is -0.00000144. The van der Waals surface area contributed by atoms with Crippen LogP contribution in [-0.4, -0.2) is 43.9 Å². The van der Waals surface area contributed by atoms with E-state index in [1.165, 1.54) is 0 Å². The molecule has 1 atom stereocenters. The predicted molar refractivity (Wildman–Crippen MR) is 48.8 cm³/mol. The van der Waals surface area contributed by atoms with E-state index in [1.54, 1.807) is 0 Å². The molecule has 0 rings (SSSR count). The molecule has 0 heterocycles. The van der Waals surface area contributed by atoms with Crippen molar-refractivity contribution in [3.8, 4) is 0 Å². The Bertz CT molecular complexity index is 528. The van der Waals surface area contributed by atoms with Crippen LogP contribution in [0.4, 0.5) is 0 Å². The number of nitrogens with two attached hydrogens (primary N) is 1. The summed E-state index contributed by atoms with van der Waals surface area (Å²) >= 11 is 0. The summed E-state index contributed by atoms with van der Waals surface area (Å²) in [6.07, 6.45) is -1.35. The summed E-state index contributed by atoms with van der Waals surface area (Å²) in [6, 6.07) is -1.67. The standard InChI is InChI=1S/C5H9NO10S2.2Cu/c6-3(5(8)16-18(12,13)14)1-2-4(7)15-17(9,10)11;;/h3H,1-2,6H2,(H,9,10,11)(H,12,13,14);;/q;2*+1/p-2/t3-;;/m0../s1. The van der Waals surface area contributed by atoms with Gasteiger partial charge in [0.1, 0.15) is 6.04 Å². The molecule has 0 aromatic carbocycles. The summed E-state index contributed by atoms with van der Waals surface area (Å²) in [6.45, 7) is 0. The van der Waals surface area contributed by atoms with Gasteiger partial charge in [-0.1, -0.05) is 0 Å². The van der Waals surface area contributed by atoms with Gasteiger partial charge in [-0.25, -0.2) is 21.6 Å². The Morgan fingerprint density at radius 2 is 1.40 bits per heavy atom. The molecule has 0 aliphatic rings. The molecular formula is C5H7Cu2NO10S2. The molecular weight excluding hydrogens is 425 g/mol. The van der Waals surface area contributed by atoms with Gasteiger partial charge in [-0.3, -0.25) is 4.79 Å². The molecule has 0 saturated heterocycles. The van der Waals surface area contributed by atoms with Crippen LogP contribution in [0.5, 0.6) is 0 Å². The first kappa shape index (κ1) is 24.8. The molecule has 0 amide bonds. The van der Waals surface area contributed by atoms with Crippen molar-refractivity contribution in [2.75, 3.05) is 0 Å². The molecule has 0 aromatic rings. The van der Waals surface area contributed by atoms with Crippen LogP contribution >= 0.6 is 0 Å². The summed E-state index contributed by atoms with van der Waals surface area (Å²) in [7, 11) is -10.5. The summed E-state index contributed by atoms with van der Waals surface area (Å²) in [5, 5.41) is 0. The molecule has 0 fully saturated rings. The molecule has 0 aliphatic carbocycles. The SMILES string of the molecule is N[C@@H](CCC(=O)OS(=O)(=O)[O-])C(=O)OS(=O)(=O)[O-].[Cu+].[Cu+]. The Labute approximate surface area is 135 Å². The second kappa shape index (κ2) is 9.65. The third-order valence-electron chi connectivity index (χ3n) is 1.34. The molecule has 0 aromatic heterocycles. The number of hydrogen-bond donors (Lipinski definition) is 1. The average molecular weight is 432 g/mol. The number of hydrogen-bond acceptors (Lipinski definition) is 11. The third kappa shape index (κ3) is 14.2. The van der Waals surface area contributed by atoms with Gasteiger partial charge < -0.3 is 23.2 Å². The molecule has 0 bridgehead atoms. The molecule has 0 radical (unpaired) electrons. The van der Waals surface area contributed by atoms with Gasteiger partial charge in [0, 0.05) is 6.42 Å². The van der Waals surface area contributed by atoms with Crippen LogP contribution in [-0.2, 0) is 72.9 Å². The summed E-state index contributed by atoms with van der Waals surface area (Å²) in [5.74, 6) is -3.11. The Kier molecular flexibility index (Phi) is 11.9. The van der Waals surface area contributed by atoms with Gasteiger partial charge >= 0.3 is 46.1 Å². The van der Waals surface area contributed by atoms with Gasteiger partial charge in [-0.2, -0.15) is 0 Å². The number of carbonyl (C=O) groups is 2. The van der Waals surface area contributed by atoms with Gasteiger partial charge in [-0.15, -0.1) is 0 Å². The molecule has 0 saturated carbocycles. The first-order valence-corrected chi connectivity index (χ1v) is 6.70. The maximum Gasteiger partial charge on any atom is 1.00 e. The van der Waals surface area contributed by atoms with Crippen molar-refractivity contribution in [1.82, 2.24) is 0 Å². The van der Waals surface area contributed by atoms with Crippen molar-refractivity contribution >= 4 is 32.7 Å². The van der Waals surface area contributed by atoms with Crippen LogP contribution in [0.2, 0.25) is 0 Å². The molecule has 20 heavy (non-hydrogen) atoms. The van der Waals surface area contributed by atoms with Crippen molar-refractivity contribution in [2.45, 2.75) is 18.9 Å². The van der Waals surface area contributed by atoms with Gasteiger partial charge in [0.15, 0.2) is 0 Å². The molecule has 15 heteroatoms. The van der Waals surface area contributed by atoms with Crippen molar-refractivity contribution in [2.24, 2.45) is 5.73 Å². The minimum absolute atomic E-state index is 0. The summed E-state index contributed by atoms with van der Waals surface area (Å²) in [5.41, 5.74) is 5.02. The summed E-state index contributed by atoms with van der Waals surface area (Å²) in [4.78, 5) is 21.5. The monoisotopic (exact) mass is 431 g/mol. The van der Waals surface area contributed by atoms with Crippen LogP contribution in [0.3, 0.4) is 0 Å². The molecule has 126 valence electrons. The van der Waals surface area contributed by atoms with E-state index in [9.17, 15) is 35.5 Å². The van der Waals surface area contributed by atoms with Crippen molar-refractivity contribution in [1.29, 1.82) is 0 Å². The van der Waals surface area contributed by atoms with Gasteiger partial charge in [0.25, 0.3) is 20.8 Å². The Hall–Kier alpha value is -0.241. The van der Waals surface area contributed by atoms with E-state index in [0.29, 0.717) is 0 Å². The van der Waals surface area contributed by atoms with E-state index < -0.39 is 51.6 Å². The zero-order chi connectivity index (χ0) is 14.6. The van der Waals surface area contributed by atoms with Crippen LogP contribution in [0.25, 0.3) is 0 Å². The van der Waals surface area contributed by atoms with Crippen molar-refractivity contribution in [3.63, 3.8) is 0 Å². The van der Waals surface area contributed by atoms with Crippen molar-refractivity contribution < 1.29 is 78.0 Å². The fourth-order valence-electron chi connectivity index (χ4n) is 0.709. The second-order valence-corrected chi connectivity index (χ2v) is 4.79. The number of carbonyl (C=O) groups excluding carboxylic acids is 2. The first-order valence-electron chi connectivity index (χ1n) is 4.03. The first-order chi connectivity index (χ1) is 7.91. The maximum absolute atomic E-state index is 10.8. The normalized spacial score (nSPS) is 12.3. The minimum Gasteiger partial charge on any atom is -0.716 e. The van der Waals surface area contributed by atoms with Crippen molar-refractivity contribution in [3.05, 3.63) is 0 Å². The van der Waals surface area contributed by atoms with E-state index >= 15 is 0 Å². The second-order valence-electron chi connectivity index (χ2n) is 2.82. The van der Waals surface area contributed by atoms with Crippen LogP contribution in [0.15, 0.2) is 0 Å². The van der Waals surface area contributed by atoms with E-state index in [1.807, 2.05) is 0 Å². The molecule has 0 spiro atoms. The fourth-order valence-corrected chi connectivity index (χ4v) is 1.34. The zero-order valence-corrected chi connectivity index (χ0v) is 12.6. The minimum atomic E-state index is -5.28. The van der Waals surface area contributed by atoms with Gasteiger partial charge in [0.2, 0.25) is 0 Å². The zero-order valence-electron chi connectivity index (χ0n) is 9.07. The smallest absolute Gasteiger partial charge is 0.716 e. The molecule has 0 unspecified atom stereocenters. The van der Waals surface area contributed by atoms with E-state index in [0.717, 1.165) is 0 Å². The summed E-state index contributed by atoms with van der Waals surface area (Å²) < 4.78 is 66.6. The largest absolute Gasteiger partial charge is 1.00 e. The molecule has 2 N–H and O–H groups in total. The maximum atomic E-state index is 10.8. The Morgan fingerprint density at radius 1 is 1.00 bits per heavy atom.